The molecule has 0 aliphatic carbocycles. The van der Waals surface area contributed by atoms with Gasteiger partial charge in [0.2, 0.25) is 0 Å². The van der Waals surface area contributed by atoms with E-state index in [0.717, 1.165) is 79.5 Å². The summed E-state index contributed by atoms with van der Waals surface area (Å²) in [6, 6.07) is 10.2. The number of anilines is 3. The molecule has 8 heteroatoms. The van der Waals surface area contributed by atoms with E-state index < -0.39 is 0 Å². The molecule has 3 aromatic rings. The summed E-state index contributed by atoms with van der Waals surface area (Å²) in [6.07, 6.45) is 3.79. The minimum Gasteiger partial charge on any atom is -0.488 e. The number of hydrogen-bond donors (Lipinski definition) is 2. The van der Waals surface area contributed by atoms with Crippen molar-refractivity contribution >= 4 is 28.4 Å². The van der Waals surface area contributed by atoms with Crippen molar-refractivity contribution in [1.82, 2.24) is 20.3 Å². The Morgan fingerprint density at radius 1 is 1.16 bits per heavy atom. The number of rotatable bonds is 5. The maximum absolute atomic E-state index is 6.14. The highest BCUT2D eigenvalue weighted by Gasteiger charge is 2.17. The van der Waals surface area contributed by atoms with Crippen LogP contribution >= 0.6 is 0 Å². The molecule has 1 atom stereocenters. The molecule has 2 aromatic heterocycles. The summed E-state index contributed by atoms with van der Waals surface area (Å²) in [7, 11) is 0. The third kappa shape index (κ3) is 4.55. The van der Waals surface area contributed by atoms with E-state index in [1.165, 1.54) is 0 Å². The molecule has 0 saturated carbocycles. The number of pyridine rings is 1. The molecule has 5 rings (SSSR count). The first-order valence-electron chi connectivity index (χ1n) is 11.0. The molecule has 0 radical (unpaired) electrons. The lowest BCUT2D eigenvalue weighted by molar-refractivity contribution is 0.00716. The molecule has 0 spiro atoms. The summed E-state index contributed by atoms with van der Waals surface area (Å²) in [4.78, 5) is 16.0. The highest BCUT2D eigenvalue weighted by Crippen LogP contribution is 2.28. The number of nitrogens with one attached hydrogen (secondary N) is 2. The summed E-state index contributed by atoms with van der Waals surface area (Å²) in [5, 5.41) is 6.80. The second kappa shape index (κ2) is 9.03. The molecule has 2 saturated heterocycles. The molecule has 2 aliphatic heterocycles. The molecule has 2 fully saturated rings. The van der Waals surface area contributed by atoms with Crippen LogP contribution in [0.5, 0.6) is 5.75 Å². The Morgan fingerprint density at radius 3 is 2.87 bits per heavy atom. The average molecular weight is 421 g/mol. The number of nitrogens with zero attached hydrogens (tertiary/aromatic N) is 4. The van der Waals surface area contributed by atoms with Crippen LogP contribution in [0.25, 0.3) is 11.0 Å². The van der Waals surface area contributed by atoms with Gasteiger partial charge in [-0.05, 0) is 55.7 Å². The zero-order valence-electron chi connectivity index (χ0n) is 17.8. The lowest BCUT2D eigenvalue weighted by Gasteiger charge is -2.28. The Labute approximate surface area is 182 Å². The summed E-state index contributed by atoms with van der Waals surface area (Å²) in [5.41, 5.74) is 3.61. The van der Waals surface area contributed by atoms with E-state index in [1.807, 2.05) is 24.3 Å². The maximum atomic E-state index is 6.14. The maximum Gasteiger partial charge on any atom is 0.160 e. The van der Waals surface area contributed by atoms with Crippen molar-refractivity contribution in [2.75, 3.05) is 49.6 Å². The Kier molecular flexibility index (Phi) is 5.82. The lowest BCUT2D eigenvalue weighted by Crippen LogP contribution is -2.43. The zero-order chi connectivity index (χ0) is 21.0. The summed E-state index contributed by atoms with van der Waals surface area (Å²) >= 11 is 0. The minimum absolute atomic E-state index is 0.129. The molecule has 0 amide bonds. The number of ether oxygens (including phenoxy) is 2. The molecule has 0 unspecified atom stereocenters. The van der Waals surface area contributed by atoms with E-state index in [0.29, 0.717) is 12.4 Å². The minimum atomic E-state index is 0.129. The van der Waals surface area contributed by atoms with Crippen LogP contribution in [0.2, 0.25) is 0 Å². The third-order valence-electron chi connectivity index (χ3n) is 5.76. The van der Waals surface area contributed by atoms with Crippen LogP contribution in [-0.2, 0) is 4.74 Å². The number of benzene rings is 1. The van der Waals surface area contributed by atoms with Crippen LogP contribution < -0.4 is 20.3 Å². The molecule has 2 N–H and O–H groups in total. The Bertz CT molecular complexity index is 1050. The van der Waals surface area contributed by atoms with E-state index in [1.54, 1.807) is 6.33 Å². The number of aryl methyl sites for hydroxylation is 1. The Morgan fingerprint density at radius 2 is 2.06 bits per heavy atom. The van der Waals surface area contributed by atoms with E-state index in [9.17, 15) is 0 Å². The fraction of sp³-hybridized carbons (Fsp3) is 0.435. The smallest absolute Gasteiger partial charge is 0.160 e. The molecule has 31 heavy (non-hydrogen) atoms. The topological polar surface area (TPSA) is 84.4 Å². The van der Waals surface area contributed by atoms with Crippen LogP contribution in [0.15, 0.2) is 36.7 Å². The molecule has 0 bridgehead atoms. The normalized spacial score (nSPS) is 19.4. The quantitative estimate of drug-likeness (QED) is 0.652. The molecular formula is C23H28N6O2. The van der Waals surface area contributed by atoms with Gasteiger partial charge >= 0.3 is 0 Å². The first kappa shape index (κ1) is 20.0. The van der Waals surface area contributed by atoms with Crippen molar-refractivity contribution in [2.24, 2.45) is 0 Å². The number of fused-ring (bicyclic) bond motifs is 1. The largest absolute Gasteiger partial charge is 0.488 e. The first-order chi connectivity index (χ1) is 15.3. The van der Waals surface area contributed by atoms with Gasteiger partial charge in [-0.25, -0.2) is 15.0 Å². The van der Waals surface area contributed by atoms with E-state index in [4.69, 9.17) is 14.5 Å². The van der Waals surface area contributed by atoms with Crippen molar-refractivity contribution in [1.29, 1.82) is 0 Å². The van der Waals surface area contributed by atoms with E-state index in [2.05, 4.69) is 38.5 Å². The van der Waals surface area contributed by atoms with Gasteiger partial charge in [0.1, 0.15) is 29.5 Å². The van der Waals surface area contributed by atoms with Crippen LogP contribution in [0.4, 0.5) is 17.3 Å². The van der Waals surface area contributed by atoms with Crippen LogP contribution in [0.1, 0.15) is 18.4 Å². The van der Waals surface area contributed by atoms with Gasteiger partial charge in [-0.3, -0.25) is 0 Å². The molecular weight excluding hydrogens is 392 g/mol. The van der Waals surface area contributed by atoms with Gasteiger partial charge in [0.15, 0.2) is 5.82 Å². The Balaban J connectivity index is 1.37. The van der Waals surface area contributed by atoms with Crippen molar-refractivity contribution in [3.05, 3.63) is 42.2 Å². The second-order valence-corrected chi connectivity index (χ2v) is 8.06. The van der Waals surface area contributed by atoms with Gasteiger partial charge in [0.05, 0.1) is 12.1 Å². The molecule has 4 heterocycles. The zero-order valence-corrected chi connectivity index (χ0v) is 17.8. The predicted octanol–water partition coefficient (Wildman–Crippen LogP) is 3.04. The second-order valence-electron chi connectivity index (χ2n) is 8.06. The summed E-state index contributed by atoms with van der Waals surface area (Å²) in [6.45, 7) is 7.38. The van der Waals surface area contributed by atoms with Crippen LogP contribution in [0, 0.1) is 6.92 Å². The molecule has 2 aliphatic rings. The fourth-order valence-electron chi connectivity index (χ4n) is 4.07. The summed E-state index contributed by atoms with van der Waals surface area (Å²) in [5.74, 6) is 2.56. The number of aromatic nitrogens is 3. The van der Waals surface area contributed by atoms with Gasteiger partial charge in [-0.1, -0.05) is 0 Å². The van der Waals surface area contributed by atoms with Crippen molar-refractivity contribution in [3.8, 4) is 5.75 Å². The van der Waals surface area contributed by atoms with Gasteiger partial charge in [0.25, 0.3) is 0 Å². The van der Waals surface area contributed by atoms with Gasteiger partial charge in [0, 0.05) is 38.5 Å². The fourth-order valence-corrected chi connectivity index (χ4v) is 4.07. The highest BCUT2D eigenvalue weighted by atomic mass is 16.5. The van der Waals surface area contributed by atoms with E-state index in [-0.39, 0.29) is 6.10 Å². The average Bonchev–Trinajstić information content (AvgIpc) is 2.82. The highest BCUT2D eigenvalue weighted by molar-refractivity contribution is 5.88. The van der Waals surface area contributed by atoms with E-state index >= 15 is 0 Å². The van der Waals surface area contributed by atoms with Crippen molar-refractivity contribution < 1.29 is 9.47 Å². The van der Waals surface area contributed by atoms with Gasteiger partial charge < -0.3 is 25.0 Å². The molecule has 8 nitrogen and oxygen atoms in total. The van der Waals surface area contributed by atoms with Crippen molar-refractivity contribution in [2.45, 2.75) is 25.9 Å². The summed E-state index contributed by atoms with van der Waals surface area (Å²) < 4.78 is 11.7. The third-order valence-corrected chi connectivity index (χ3v) is 5.76. The monoisotopic (exact) mass is 420 g/mol. The van der Waals surface area contributed by atoms with Crippen LogP contribution in [-0.4, -0.2) is 60.4 Å². The van der Waals surface area contributed by atoms with Crippen LogP contribution in [0.3, 0.4) is 0 Å². The molecule has 1 aromatic carbocycles. The van der Waals surface area contributed by atoms with Gasteiger partial charge in [-0.2, -0.15) is 0 Å². The van der Waals surface area contributed by atoms with Crippen molar-refractivity contribution in [3.63, 3.8) is 0 Å². The first-order valence-corrected chi connectivity index (χ1v) is 11.0. The Hall–Kier alpha value is -2.97. The number of hydrogen-bond acceptors (Lipinski definition) is 8. The standard InChI is InChI=1S/C23H28N6O2/c1-16-13-17(4-6-20(16)31-18-3-2-12-30-14-18)27-23-22-19(25-15-26-23)5-7-21(28-22)29-10-8-24-9-11-29/h4-7,13,15,18,24H,2-3,8-12,14H2,1H3,(H,25,26,27)/t18-/m0/s1. The number of piperazine rings is 1. The van der Waals surface area contributed by atoms with Gasteiger partial charge in [-0.15, -0.1) is 0 Å². The molecule has 162 valence electrons. The lowest BCUT2D eigenvalue weighted by atomic mass is 10.1. The predicted molar refractivity (Wildman–Crippen MR) is 121 cm³/mol. The SMILES string of the molecule is Cc1cc(Nc2ncnc3ccc(N4CCNCC4)nc23)ccc1O[C@H]1CCCOC1.